The van der Waals surface area contributed by atoms with E-state index < -0.39 is 0 Å². The number of ether oxygens (including phenoxy) is 2. The quantitative estimate of drug-likeness (QED) is 0.699. The van der Waals surface area contributed by atoms with E-state index in [0.29, 0.717) is 0 Å². The molecule has 4 rings (SSSR count). The van der Waals surface area contributed by atoms with E-state index in [2.05, 4.69) is 20.8 Å². The second-order valence-electron chi connectivity index (χ2n) is 7.11. The Labute approximate surface area is 164 Å². The van der Waals surface area contributed by atoms with Crippen LogP contribution < -0.4 is 14.8 Å². The number of rotatable bonds is 6. The SMILES string of the molecule is COc1ccc(NC2(c3nnnn3-c3cccc(OC)c3)CCCCC2)cc1. The Morgan fingerprint density at radius 1 is 0.929 bits per heavy atom. The van der Waals surface area contributed by atoms with E-state index >= 15 is 0 Å². The van der Waals surface area contributed by atoms with Gasteiger partial charge in [-0.3, -0.25) is 0 Å². The average Bonchev–Trinajstić information content (AvgIpc) is 3.26. The Kier molecular flexibility index (Phi) is 5.14. The van der Waals surface area contributed by atoms with Gasteiger partial charge in [0, 0.05) is 11.8 Å². The first kappa shape index (κ1) is 18.3. The van der Waals surface area contributed by atoms with Crippen LogP contribution in [0.4, 0.5) is 5.69 Å². The third-order valence-corrected chi connectivity index (χ3v) is 5.38. The molecule has 0 spiro atoms. The molecule has 1 aromatic heterocycles. The average molecular weight is 379 g/mol. The topological polar surface area (TPSA) is 74.1 Å². The minimum Gasteiger partial charge on any atom is -0.497 e. The van der Waals surface area contributed by atoms with Crippen molar-refractivity contribution in [2.45, 2.75) is 37.6 Å². The molecule has 0 aliphatic heterocycles. The third-order valence-electron chi connectivity index (χ3n) is 5.38. The summed E-state index contributed by atoms with van der Waals surface area (Å²) in [6.07, 6.45) is 5.45. The van der Waals surface area contributed by atoms with Gasteiger partial charge in [-0.2, -0.15) is 4.68 Å². The summed E-state index contributed by atoms with van der Waals surface area (Å²) in [5.41, 5.74) is 1.60. The molecule has 1 heterocycles. The highest BCUT2D eigenvalue weighted by Crippen LogP contribution is 2.40. The van der Waals surface area contributed by atoms with Gasteiger partial charge in [-0.05, 0) is 59.7 Å². The van der Waals surface area contributed by atoms with Crippen LogP contribution in [-0.4, -0.2) is 34.4 Å². The molecule has 28 heavy (non-hydrogen) atoms. The number of benzene rings is 2. The van der Waals surface area contributed by atoms with Crippen LogP contribution in [0.3, 0.4) is 0 Å². The van der Waals surface area contributed by atoms with Crippen LogP contribution in [0.2, 0.25) is 0 Å². The van der Waals surface area contributed by atoms with Crippen LogP contribution in [0.25, 0.3) is 5.69 Å². The second kappa shape index (κ2) is 7.88. The van der Waals surface area contributed by atoms with Crippen LogP contribution in [0, 0.1) is 0 Å². The van der Waals surface area contributed by atoms with Gasteiger partial charge >= 0.3 is 0 Å². The van der Waals surface area contributed by atoms with Crippen molar-refractivity contribution in [1.29, 1.82) is 0 Å². The fourth-order valence-corrected chi connectivity index (χ4v) is 3.91. The van der Waals surface area contributed by atoms with E-state index in [9.17, 15) is 0 Å². The number of anilines is 1. The molecule has 0 saturated heterocycles. The fraction of sp³-hybridized carbons (Fsp3) is 0.381. The molecule has 7 heteroatoms. The Balaban J connectivity index is 1.73. The predicted molar refractivity (Wildman–Crippen MR) is 107 cm³/mol. The summed E-state index contributed by atoms with van der Waals surface area (Å²) in [6.45, 7) is 0. The first-order valence-corrected chi connectivity index (χ1v) is 9.60. The van der Waals surface area contributed by atoms with Crippen LogP contribution in [-0.2, 0) is 5.54 Å². The van der Waals surface area contributed by atoms with Crippen molar-refractivity contribution in [3.8, 4) is 17.2 Å². The van der Waals surface area contributed by atoms with Crippen molar-refractivity contribution < 1.29 is 9.47 Å². The van der Waals surface area contributed by atoms with E-state index in [-0.39, 0.29) is 5.54 Å². The summed E-state index contributed by atoms with van der Waals surface area (Å²) >= 11 is 0. The van der Waals surface area contributed by atoms with E-state index in [1.807, 2.05) is 53.2 Å². The van der Waals surface area contributed by atoms with E-state index in [4.69, 9.17) is 9.47 Å². The van der Waals surface area contributed by atoms with Gasteiger partial charge in [-0.15, -0.1) is 5.10 Å². The lowest BCUT2D eigenvalue weighted by atomic mass is 9.80. The van der Waals surface area contributed by atoms with Crippen LogP contribution in [0.5, 0.6) is 11.5 Å². The molecule has 0 amide bonds. The van der Waals surface area contributed by atoms with Gasteiger partial charge in [0.25, 0.3) is 0 Å². The van der Waals surface area contributed by atoms with Gasteiger partial charge in [0.2, 0.25) is 0 Å². The molecule has 1 saturated carbocycles. The highest BCUT2D eigenvalue weighted by atomic mass is 16.5. The smallest absolute Gasteiger partial charge is 0.181 e. The largest absolute Gasteiger partial charge is 0.497 e. The second-order valence-corrected chi connectivity index (χ2v) is 7.11. The summed E-state index contributed by atoms with van der Waals surface area (Å²) in [4.78, 5) is 0. The van der Waals surface area contributed by atoms with E-state index in [1.54, 1.807) is 14.2 Å². The summed E-state index contributed by atoms with van der Waals surface area (Å²) in [5.74, 6) is 2.44. The molecule has 3 aromatic rings. The Bertz CT molecular complexity index is 917. The molecule has 2 aromatic carbocycles. The zero-order valence-corrected chi connectivity index (χ0v) is 16.3. The van der Waals surface area contributed by atoms with Gasteiger partial charge in [0.15, 0.2) is 5.82 Å². The third kappa shape index (κ3) is 3.52. The summed E-state index contributed by atoms with van der Waals surface area (Å²) in [7, 11) is 3.33. The van der Waals surface area contributed by atoms with Crippen molar-refractivity contribution in [2.24, 2.45) is 0 Å². The minimum absolute atomic E-state index is 0.320. The standard InChI is InChI=1S/C21H25N5O2/c1-27-18-11-9-16(10-12-18)22-21(13-4-3-5-14-21)20-23-24-25-26(20)17-7-6-8-19(15-17)28-2/h6-12,15,22H,3-5,13-14H2,1-2H3. The first-order valence-electron chi connectivity index (χ1n) is 9.60. The van der Waals surface area contributed by atoms with Gasteiger partial charge in [-0.1, -0.05) is 25.3 Å². The van der Waals surface area contributed by atoms with Crippen molar-refractivity contribution in [3.63, 3.8) is 0 Å². The number of aromatic nitrogens is 4. The highest BCUT2D eigenvalue weighted by molar-refractivity contribution is 5.50. The normalized spacial score (nSPS) is 15.8. The number of nitrogens with one attached hydrogen (secondary N) is 1. The number of nitrogens with zero attached hydrogens (tertiary/aromatic N) is 4. The lowest BCUT2D eigenvalue weighted by Crippen LogP contribution is -2.40. The molecule has 0 unspecified atom stereocenters. The van der Waals surface area contributed by atoms with Crippen LogP contribution in [0.1, 0.15) is 37.9 Å². The summed E-state index contributed by atoms with van der Waals surface area (Å²) < 4.78 is 12.5. The molecular weight excluding hydrogens is 354 g/mol. The van der Waals surface area contributed by atoms with Crippen molar-refractivity contribution in [1.82, 2.24) is 20.2 Å². The first-order chi connectivity index (χ1) is 13.7. The summed E-state index contributed by atoms with van der Waals surface area (Å²) in [5, 5.41) is 16.5. The molecule has 7 nitrogen and oxygen atoms in total. The number of methoxy groups -OCH3 is 2. The van der Waals surface area contributed by atoms with Gasteiger partial charge in [0.1, 0.15) is 11.5 Å². The van der Waals surface area contributed by atoms with Crippen molar-refractivity contribution in [3.05, 3.63) is 54.4 Å². The Hall–Kier alpha value is -3.09. The molecule has 1 aliphatic carbocycles. The lowest BCUT2D eigenvalue weighted by molar-refractivity contribution is 0.309. The number of hydrogen-bond donors (Lipinski definition) is 1. The molecule has 1 fully saturated rings. The summed E-state index contributed by atoms with van der Waals surface area (Å²) in [6, 6.07) is 15.8. The molecular formula is C21H25N5O2. The molecule has 1 aliphatic rings. The zero-order valence-electron chi connectivity index (χ0n) is 16.3. The molecule has 0 radical (unpaired) electrons. The maximum absolute atomic E-state index is 5.37. The van der Waals surface area contributed by atoms with E-state index in [1.165, 1.54) is 6.42 Å². The highest BCUT2D eigenvalue weighted by Gasteiger charge is 2.39. The maximum Gasteiger partial charge on any atom is 0.181 e. The Morgan fingerprint density at radius 3 is 2.39 bits per heavy atom. The molecule has 0 atom stereocenters. The zero-order chi connectivity index (χ0) is 19.4. The monoisotopic (exact) mass is 379 g/mol. The molecule has 1 N–H and O–H groups in total. The van der Waals surface area contributed by atoms with Crippen molar-refractivity contribution in [2.75, 3.05) is 19.5 Å². The van der Waals surface area contributed by atoms with Crippen LogP contribution >= 0.6 is 0 Å². The number of hydrogen-bond acceptors (Lipinski definition) is 6. The number of tetrazole rings is 1. The fourth-order valence-electron chi connectivity index (χ4n) is 3.91. The lowest BCUT2D eigenvalue weighted by Gasteiger charge is -2.37. The maximum atomic E-state index is 5.37. The van der Waals surface area contributed by atoms with Gasteiger partial charge in [0.05, 0.1) is 25.4 Å². The van der Waals surface area contributed by atoms with Crippen LogP contribution in [0.15, 0.2) is 48.5 Å². The van der Waals surface area contributed by atoms with E-state index in [0.717, 1.165) is 54.4 Å². The van der Waals surface area contributed by atoms with Crippen molar-refractivity contribution >= 4 is 5.69 Å². The van der Waals surface area contributed by atoms with Gasteiger partial charge < -0.3 is 14.8 Å². The molecule has 146 valence electrons. The minimum atomic E-state index is -0.320. The van der Waals surface area contributed by atoms with Gasteiger partial charge in [-0.25, -0.2) is 0 Å². The predicted octanol–water partition coefficient (Wildman–Crippen LogP) is 3.95. The Morgan fingerprint density at radius 2 is 1.68 bits per heavy atom. The molecule has 0 bridgehead atoms.